The predicted molar refractivity (Wildman–Crippen MR) is 73.1 cm³/mol. The van der Waals surface area contributed by atoms with Gasteiger partial charge < -0.3 is 5.73 Å². The zero-order chi connectivity index (χ0) is 15.8. The Morgan fingerprint density at radius 2 is 2.00 bits per heavy atom. The van der Waals surface area contributed by atoms with Gasteiger partial charge in [-0.2, -0.15) is 13.2 Å². The van der Waals surface area contributed by atoms with Gasteiger partial charge in [0.15, 0.2) is 5.82 Å². The van der Waals surface area contributed by atoms with Crippen molar-refractivity contribution in [3.05, 3.63) is 22.2 Å². The number of alkyl halides is 3. The Morgan fingerprint density at radius 1 is 1.33 bits per heavy atom. The highest BCUT2D eigenvalue weighted by molar-refractivity contribution is 6.43. The van der Waals surface area contributed by atoms with E-state index in [9.17, 15) is 13.2 Å². The van der Waals surface area contributed by atoms with Gasteiger partial charge in [0.1, 0.15) is 0 Å². The summed E-state index contributed by atoms with van der Waals surface area (Å²) in [7, 11) is 0. The van der Waals surface area contributed by atoms with Gasteiger partial charge in [-0.15, -0.1) is 5.10 Å². The van der Waals surface area contributed by atoms with Crippen LogP contribution in [-0.2, 0) is 0 Å². The molecule has 0 aliphatic rings. The molecule has 0 amide bonds. The van der Waals surface area contributed by atoms with Crippen molar-refractivity contribution in [1.82, 2.24) is 20.2 Å². The van der Waals surface area contributed by atoms with Gasteiger partial charge in [0.25, 0.3) is 0 Å². The standard InChI is InChI=1S/C11H10Cl2F3N5/c1-5(4-11(14,15)16)21-10(18-19-20-21)7-2-6(17)3-8(12)9(7)13/h2-3,5H,4,17H2,1H3. The van der Waals surface area contributed by atoms with Crippen LogP contribution in [0.1, 0.15) is 19.4 Å². The van der Waals surface area contributed by atoms with Crippen molar-refractivity contribution in [3.63, 3.8) is 0 Å². The minimum absolute atomic E-state index is 0.0750. The van der Waals surface area contributed by atoms with Crippen LogP contribution in [-0.4, -0.2) is 26.4 Å². The molecule has 0 saturated carbocycles. The number of tetrazole rings is 1. The molecule has 0 aliphatic carbocycles. The lowest BCUT2D eigenvalue weighted by Gasteiger charge is -2.16. The molecule has 1 heterocycles. The first-order valence-corrected chi connectivity index (χ1v) is 6.54. The summed E-state index contributed by atoms with van der Waals surface area (Å²) in [6.07, 6.45) is -5.40. The normalized spacial score (nSPS) is 13.4. The van der Waals surface area contributed by atoms with Crippen molar-refractivity contribution in [2.45, 2.75) is 25.6 Å². The van der Waals surface area contributed by atoms with Gasteiger partial charge >= 0.3 is 6.18 Å². The molecule has 5 nitrogen and oxygen atoms in total. The lowest BCUT2D eigenvalue weighted by molar-refractivity contribution is -0.142. The van der Waals surface area contributed by atoms with Gasteiger partial charge in [-0.3, -0.25) is 0 Å². The first-order valence-electron chi connectivity index (χ1n) is 5.78. The summed E-state index contributed by atoms with van der Waals surface area (Å²) in [5.41, 5.74) is 6.24. The minimum atomic E-state index is -4.33. The number of halogens is 5. The smallest absolute Gasteiger partial charge is 0.391 e. The topological polar surface area (TPSA) is 69.6 Å². The van der Waals surface area contributed by atoms with Crippen molar-refractivity contribution in [3.8, 4) is 11.4 Å². The van der Waals surface area contributed by atoms with E-state index in [1.165, 1.54) is 19.1 Å². The number of hydrogen-bond donors (Lipinski definition) is 1. The van der Waals surface area contributed by atoms with E-state index in [4.69, 9.17) is 28.9 Å². The number of nitrogen functional groups attached to an aromatic ring is 1. The summed E-state index contributed by atoms with van der Waals surface area (Å²) in [6, 6.07) is 1.89. The van der Waals surface area contributed by atoms with Gasteiger partial charge in [0.05, 0.1) is 22.5 Å². The van der Waals surface area contributed by atoms with Crippen molar-refractivity contribution in [2.24, 2.45) is 0 Å². The Balaban J connectivity index is 2.46. The van der Waals surface area contributed by atoms with Crippen LogP contribution >= 0.6 is 23.2 Å². The molecule has 0 radical (unpaired) electrons. The van der Waals surface area contributed by atoms with E-state index in [0.717, 1.165) is 4.68 Å². The van der Waals surface area contributed by atoms with Crippen molar-refractivity contribution in [1.29, 1.82) is 0 Å². The van der Waals surface area contributed by atoms with E-state index < -0.39 is 18.6 Å². The number of aromatic nitrogens is 4. The number of anilines is 1. The molecule has 21 heavy (non-hydrogen) atoms. The summed E-state index contributed by atoms with van der Waals surface area (Å²) in [5.74, 6) is 0.0750. The number of benzene rings is 1. The number of hydrogen-bond acceptors (Lipinski definition) is 4. The maximum atomic E-state index is 12.5. The molecular weight excluding hydrogens is 330 g/mol. The van der Waals surface area contributed by atoms with Gasteiger partial charge in [-0.25, -0.2) is 4.68 Å². The SMILES string of the molecule is CC(CC(F)(F)F)n1nnnc1-c1cc(N)cc(Cl)c1Cl. The molecule has 2 N–H and O–H groups in total. The molecule has 2 aromatic rings. The molecule has 0 aliphatic heterocycles. The lowest BCUT2D eigenvalue weighted by atomic mass is 10.1. The van der Waals surface area contributed by atoms with Crippen LogP contribution in [0.25, 0.3) is 11.4 Å². The number of rotatable bonds is 3. The molecular formula is C11H10Cl2F3N5. The highest BCUT2D eigenvalue weighted by atomic mass is 35.5. The molecule has 10 heteroatoms. The molecule has 2 rings (SSSR count). The molecule has 0 saturated heterocycles. The summed E-state index contributed by atoms with van der Waals surface area (Å²) in [4.78, 5) is 0. The Bertz CT molecular complexity index is 656. The second-order valence-corrected chi connectivity index (χ2v) is 5.26. The lowest BCUT2D eigenvalue weighted by Crippen LogP contribution is -2.18. The predicted octanol–water partition coefficient (Wildman–Crippen LogP) is 3.74. The van der Waals surface area contributed by atoms with E-state index in [-0.39, 0.29) is 21.4 Å². The maximum absolute atomic E-state index is 12.5. The third-order valence-electron chi connectivity index (χ3n) is 2.73. The summed E-state index contributed by atoms with van der Waals surface area (Å²) < 4.78 is 38.5. The minimum Gasteiger partial charge on any atom is -0.399 e. The van der Waals surface area contributed by atoms with E-state index in [2.05, 4.69) is 15.5 Å². The van der Waals surface area contributed by atoms with Crippen LogP contribution in [0.4, 0.5) is 18.9 Å². The fraction of sp³-hybridized carbons (Fsp3) is 0.364. The third-order valence-corrected chi connectivity index (χ3v) is 3.53. The highest BCUT2D eigenvalue weighted by Crippen LogP contribution is 2.36. The summed E-state index contributed by atoms with van der Waals surface area (Å²) >= 11 is 12.0. The number of nitrogens with two attached hydrogens (primary N) is 1. The monoisotopic (exact) mass is 339 g/mol. The molecule has 1 unspecified atom stereocenters. The second-order valence-electron chi connectivity index (χ2n) is 4.48. The Morgan fingerprint density at radius 3 is 2.62 bits per heavy atom. The van der Waals surface area contributed by atoms with E-state index >= 15 is 0 Å². The first-order chi connectivity index (χ1) is 9.69. The van der Waals surface area contributed by atoms with Gasteiger partial charge in [0, 0.05) is 11.3 Å². The zero-order valence-corrected chi connectivity index (χ0v) is 12.2. The van der Waals surface area contributed by atoms with Crippen LogP contribution in [0.5, 0.6) is 0 Å². The summed E-state index contributed by atoms with van der Waals surface area (Å²) in [6.45, 7) is 1.36. The van der Waals surface area contributed by atoms with E-state index in [1.54, 1.807) is 0 Å². The second kappa shape index (κ2) is 5.69. The largest absolute Gasteiger partial charge is 0.399 e. The third kappa shape index (κ3) is 3.56. The fourth-order valence-corrected chi connectivity index (χ4v) is 2.28. The quantitative estimate of drug-likeness (QED) is 0.864. The average Bonchev–Trinajstić information content (AvgIpc) is 2.80. The first kappa shape index (κ1) is 15.8. The fourth-order valence-electron chi connectivity index (χ4n) is 1.86. The van der Waals surface area contributed by atoms with Crippen molar-refractivity contribution >= 4 is 28.9 Å². The highest BCUT2D eigenvalue weighted by Gasteiger charge is 2.32. The molecule has 0 spiro atoms. The molecule has 1 aromatic carbocycles. The Hall–Kier alpha value is -1.54. The Labute approximate surface area is 127 Å². The van der Waals surface area contributed by atoms with Crippen LogP contribution in [0, 0.1) is 0 Å². The van der Waals surface area contributed by atoms with Crippen LogP contribution in [0.2, 0.25) is 10.0 Å². The van der Waals surface area contributed by atoms with Gasteiger partial charge in [0.2, 0.25) is 0 Å². The average molecular weight is 340 g/mol. The molecule has 0 bridgehead atoms. The maximum Gasteiger partial charge on any atom is 0.391 e. The molecule has 1 atom stereocenters. The Kier molecular flexibility index (Phi) is 4.29. The van der Waals surface area contributed by atoms with Gasteiger partial charge in [-0.1, -0.05) is 23.2 Å². The van der Waals surface area contributed by atoms with Crippen LogP contribution in [0.3, 0.4) is 0 Å². The molecule has 0 fully saturated rings. The molecule has 114 valence electrons. The summed E-state index contributed by atoms with van der Waals surface area (Å²) in [5, 5.41) is 11.0. The van der Waals surface area contributed by atoms with Gasteiger partial charge in [-0.05, 0) is 29.5 Å². The van der Waals surface area contributed by atoms with Crippen molar-refractivity contribution < 1.29 is 13.2 Å². The van der Waals surface area contributed by atoms with E-state index in [0.29, 0.717) is 5.69 Å². The number of nitrogens with zero attached hydrogens (tertiary/aromatic N) is 4. The molecule has 1 aromatic heterocycles. The van der Waals surface area contributed by atoms with Crippen LogP contribution in [0.15, 0.2) is 12.1 Å². The zero-order valence-electron chi connectivity index (χ0n) is 10.7. The van der Waals surface area contributed by atoms with Crippen molar-refractivity contribution in [2.75, 3.05) is 5.73 Å². The van der Waals surface area contributed by atoms with Crippen LogP contribution < -0.4 is 5.73 Å². The van der Waals surface area contributed by atoms with E-state index in [1.807, 2.05) is 0 Å².